The molecule has 6 nitrogen and oxygen atoms in total. The maximum absolute atomic E-state index is 13.0. The quantitative estimate of drug-likeness (QED) is 0.549. The molecule has 1 amide bonds. The summed E-state index contributed by atoms with van der Waals surface area (Å²) in [6.45, 7) is 1.73. The SMILES string of the molecule is COc1cc2ccccc2cc1C(=O)O[C@@H](C)C(=O)N(CCC#N)c1ccccc1. The molecule has 0 bridgehead atoms. The zero-order valence-electron chi connectivity index (χ0n) is 16.9. The van der Waals surface area contributed by atoms with Crippen molar-refractivity contribution in [2.75, 3.05) is 18.6 Å². The number of methoxy groups -OCH3 is 1. The highest BCUT2D eigenvalue weighted by Gasteiger charge is 2.26. The highest BCUT2D eigenvalue weighted by molar-refractivity contribution is 6.02. The van der Waals surface area contributed by atoms with Gasteiger partial charge in [-0.3, -0.25) is 4.79 Å². The minimum atomic E-state index is -1.03. The third kappa shape index (κ3) is 4.58. The molecule has 0 aliphatic carbocycles. The molecule has 3 aromatic rings. The highest BCUT2D eigenvalue weighted by atomic mass is 16.5. The van der Waals surface area contributed by atoms with Crippen molar-refractivity contribution < 1.29 is 19.1 Å². The first-order valence-electron chi connectivity index (χ1n) is 9.56. The van der Waals surface area contributed by atoms with E-state index in [0.717, 1.165) is 10.8 Å². The Balaban J connectivity index is 1.82. The summed E-state index contributed by atoms with van der Waals surface area (Å²) in [5.41, 5.74) is 0.892. The van der Waals surface area contributed by atoms with E-state index in [0.29, 0.717) is 11.4 Å². The molecule has 0 aromatic heterocycles. The van der Waals surface area contributed by atoms with E-state index >= 15 is 0 Å². The molecule has 3 aromatic carbocycles. The fourth-order valence-electron chi connectivity index (χ4n) is 3.18. The Morgan fingerprint density at radius 1 is 1.03 bits per heavy atom. The number of para-hydroxylation sites is 1. The van der Waals surface area contributed by atoms with Crippen LogP contribution in [0.15, 0.2) is 66.7 Å². The molecule has 0 unspecified atom stereocenters. The predicted octanol–water partition coefficient (Wildman–Crippen LogP) is 4.34. The van der Waals surface area contributed by atoms with Crippen LogP contribution in [0.3, 0.4) is 0 Å². The predicted molar refractivity (Wildman–Crippen MR) is 114 cm³/mol. The van der Waals surface area contributed by atoms with Gasteiger partial charge in [0.05, 0.1) is 19.6 Å². The van der Waals surface area contributed by atoms with Crippen LogP contribution in [0, 0.1) is 11.3 Å². The minimum Gasteiger partial charge on any atom is -0.496 e. The number of nitriles is 1. The molecule has 0 saturated carbocycles. The normalized spacial score (nSPS) is 11.4. The first kappa shape index (κ1) is 20.9. The van der Waals surface area contributed by atoms with Crippen molar-refractivity contribution in [3.63, 3.8) is 0 Å². The first-order chi connectivity index (χ1) is 14.5. The number of anilines is 1. The largest absolute Gasteiger partial charge is 0.496 e. The summed E-state index contributed by atoms with van der Waals surface area (Å²) in [7, 11) is 1.48. The third-order valence-electron chi connectivity index (χ3n) is 4.70. The standard InChI is InChI=1S/C24H22N2O4/c1-17(23(27)26(14-8-13-25)20-11-4-3-5-12-20)30-24(28)21-15-18-9-6-7-10-19(18)16-22(21)29-2/h3-7,9-12,15-17H,8,14H2,1-2H3/t17-/m0/s1. The average Bonchev–Trinajstić information content (AvgIpc) is 2.78. The fourth-order valence-corrected chi connectivity index (χ4v) is 3.18. The number of ether oxygens (including phenoxy) is 2. The lowest BCUT2D eigenvalue weighted by atomic mass is 10.1. The Bertz CT molecular complexity index is 1090. The van der Waals surface area contributed by atoms with Crippen LogP contribution >= 0.6 is 0 Å². The molecule has 6 heteroatoms. The molecule has 0 fully saturated rings. The lowest BCUT2D eigenvalue weighted by Crippen LogP contribution is -2.40. The van der Waals surface area contributed by atoms with Gasteiger partial charge in [0.15, 0.2) is 6.10 Å². The summed E-state index contributed by atoms with van der Waals surface area (Å²) in [6, 6.07) is 22.1. The van der Waals surface area contributed by atoms with Crippen molar-refractivity contribution in [2.24, 2.45) is 0 Å². The van der Waals surface area contributed by atoms with Gasteiger partial charge >= 0.3 is 5.97 Å². The second-order valence-electron chi connectivity index (χ2n) is 6.68. The van der Waals surface area contributed by atoms with Crippen molar-refractivity contribution in [1.82, 2.24) is 0 Å². The van der Waals surface area contributed by atoms with Gasteiger partial charge in [0.1, 0.15) is 11.3 Å². The Labute approximate surface area is 175 Å². The topological polar surface area (TPSA) is 79.6 Å². The molecule has 3 rings (SSSR count). The van der Waals surface area contributed by atoms with E-state index in [-0.39, 0.29) is 18.5 Å². The van der Waals surface area contributed by atoms with Gasteiger partial charge < -0.3 is 14.4 Å². The minimum absolute atomic E-state index is 0.166. The maximum Gasteiger partial charge on any atom is 0.342 e. The van der Waals surface area contributed by atoms with Crippen LogP contribution in [0.4, 0.5) is 5.69 Å². The van der Waals surface area contributed by atoms with Crippen LogP contribution in [0.5, 0.6) is 5.75 Å². The number of benzene rings is 3. The van der Waals surface area contributed by atoms with Gasteiger partial charge in [0.2, 0.25) is 0 Å². The number of amides is 1. The monoisotopic (exact) mass is 402 g/mol. The van der Waals surface area contributed by atoms with E-state index in [4.69, 9.17) is 14.7 Å². The van der Waals surface area contributed by atoms with Crippen molar-refractivity contribution in [2.45, 2.75) is 19.4 Å². The Morgan fingerprint density at radius 2 is 1.67 bits per heavy atom. The molecule has 0 N–H and O–H groups in total. The summed E-state index contributed by atoms with van der Waals surface area (Å²) in [5, 5.41) is 10.7. The van der Waals surface area contributed by atoms with Gasteiger partial charge in [-0.2, -0.15) is 5.26 Å². The Morgan fingerprint density at radius 3 is 2.30 bits per heavy atom. The number of nitrogens with zero attached hydrogens (tertiary/aromatic N) is 2. The molecule has 1 atom stereocenters. The van der Waals surface area contributed by atoms with Crippen LogP contribution in [0.1, 0.15) is 23.7 Å². The smallest absolute Gasteiger partial charge is 0.342 e. The van der Waals surface area contributed by atoms with Gasteiger partial charge in [-0.05, 0) is 42.0 Å². The van der Waals surface area contributed by atoms with Gasteiger partial charge in [-0.25, -0.2) is 4.79 Å². The zero-order chi connectivity index (χ0) is 21.5. The Kier molecular flexibility index (Phi) is 6.66. The molecule has 0 saturated heterocycles. The number of hydrogen-bond donors (Lipinski definition) is 0. The number of esters is 1. The molecule has 0 heterocycles. The number of hydrogen-bond acceptors (Lipinski definition) is 5. The summed E-state index contributed by atoms with van der Waals surface area (Å²) >= 11 is 0. The number of rotatable bonds is 7. The fraction of sp³-hybridized carbons (Fsp3) is 0.208. The average molecular weight is 402 g/mol. The highest BCUT2D eigenvalue weighted by Crippen LogP contribution is 2.27. The van der Waals surface area contributed by atoms with E-state index in [2.05, 4.69) is 0 Å². The first-order valence-corrected chi connectivity index (χ1v) is 9.56. The maximum atomic E-state index is 13.0. The summed E-state index contributed by atoms with van der Waals surface area (Å²) in [6.07, 6.45) is -0.868. The molecule has 30 heavy (non-hydrogen) atoms. The summed E-state index contributed by atoms with van der Waals surface area (Å²) in [5.74, 6) is -0.668. The van der Waals surface area contributed by atoms with Gasteiger partial charge in [0, 0.05) is 12.2 Å². The van der Waals surface area contributed by atoms with Crippen LogP contribution in [0.25, 0.3) is 10.8 Å². The Hall–Kier alpha value is -3.85. The lowest BCUT2D eigenvalue weighted by molar-refractivity contribution is -0.126. The van der Waals surface area contributed by atoms with Crippen LogP contribution in [0.2, 0.25) is 0 Å². The number of carbonyl (C=O) groups excluding carboxylic acids is 2. The molecule has 0 radical (unpaired) electrons. The number of fused-ring (bicyclic) bond motifs is 1. The van der Waals surface area contributed by atoms with Crippen LogP contribution in [-0.2, 0) is 9.53 Å². The van der Waals surface area contributed by atoms with Crippen molar-refractivity contribution in [3.05, 3.63) is 72.3 Å². The molecular weight excluding hydrogens is 380 g/mol. The second-order valence-corrected chi connectivity index (χ2v) is 6.68. The van der Waals surface area contributed by atoms with E-state index in [1.807, 2.05) is 36.4 Å². The molecule has 152 valence electrons. The van der Waals surface area contributed by atoms with E-state index < -0.39 is 18.0 Å². The van der Waals surface area contributed by atoms with E-state index in [9.17, 15) is 9.59 Å². The molecular formula is C24H22N2O4. The second kappa shape index (κ2) is 9.57. The third-order valence-corrected chi connectivity index (χ3v) is 4.70. The van der Waals surface area contributed by atoms with Gasteiger partial charge in [-0.15, -0.1) is 0 Å². The van der Waals surface area contributed by atoms with Crippen molar-refractivity contribution in [3.8, 4) is 11.8 Å². The van der Waals surface area contributed by atoms with E-state index in [1.165, 1.54) is 18.9 Å². The summed E-state index contributed by atoms with van der Waals surface area (Å²) < 4.78 is 10.8. The lowest BCUT2D eigenvalue weighted by Gasteiger charge is -2.25. The summed E-state index contributed by atoms with van der Waals surface area (Å²) in [4.78, 5) is 27.3. The van der Waals surface area contributed by atoms with Gasteiger partial charge in [0.25, 0.3) is 5.91 Å². The van der Waals surface area contributed by atoms with Crippen molar-refractivity contribution in [1.29, 1.82) is 5.26 Å². The molecule has 0 aliphatic heterocycles. The zero-order valence-corrected chi connectivity index (χ0v) is 16.9. The van der Waals surface area contributed by atoms with Gasteiger partial charge in [-0.1, -0.05) is 42.5 Å². The molecule has 0 spiro atoms. The number of carbonyl (C=O) groups is 2. The van der Waals surface area contributed by atoms with Crippen LogP contribution in [-0.4, -0.2) is 31.6 Å². The van der Waals surface area contributed by atoms with Crippen molar-refractivity contribution >= 4 is 28.3 Å². The molecule has 0 aliphatic rings. The van der Waals surface area contributed by atoms with E-state index in [1.54, 1.807) is 36.4 Å². The van der Waals surface area contributed by atoms with Crippen LogP contribution < -0.4 is 9.64 Å².